The predicted molar refractivity (Wildman–Crippen MR) is 102 cm³/mol. The number of benzene rings is 1. The zero-order chi connectivity index (χ0) is 21.6. The number of hydrogen-bond acceptors (Lipinski definition) is 7. The molecule has 7 nitrogen and oxygen atoms in total. The Bertz CT molecular complexity index is 827. The molecule has 0 aliphatic carbocycles. The van der Waals surface area contributed by atoms with Crippen LogP contribution in [0.1, 0.15) is 26.7 Å². The molecule has 0 atom stereocenters. The fourth-order valence-electron chi connectivity index (χ4n) is 2.71. The predicted octanol–water partition coefficient (Wildman–Crippen LogP) is 4.67. The SMILES string of the molecule is CCC(CC)Nc1nc(OC)c(-c2ccc(OC(F)(F)F)cc2OC)nc1OC. The van der Waals surface area contributed by atoms with Gasteiger partial charge >= 0.3 is 6.36 Å². The number of alkyl halides is 3. The van der Waals surface area contributed by atoms with Crippen molar-refractivity contribution in [2.75, 3.05) is 26.6 Å². The van der Waals surface area contributed by atoms with Gasteiger partial charge in [0.15, 0.2) is 5.82 Å². The molecule has 0 saturated carbocycles. The van der Waals surface area contributed by atoms with E-state index in [0.717, 1.165) is 25.0 Å². The summed E-state index contributed by atoms with van der Waals surface area (Å²) in [7, 11) is 4.21. The minimum absolute atomic E-state index is 0.113. The lowest BCUT2D eigenvalue weighted by atomic mass is 10.1. The van der Waals surface area contributed by atoms with Gasteiger partial charge in [-0.3, -0.25) is 0 Å². The minimum atomic E-state index is -4.81. The maximum Gasteiger partial charge on any atom is 0.573 e. The van der Waals surface area contributed by atoms with Crippen LogP contribution in [-0.2, 0) is 0 Å². The fourth-order valence-corrected chi connectivity index (χ4v) is 2.71. The molecule has 160 valence electrons. The van der Waals surface area contributed by atoms with E-state index in [1.807, 2.05) is 13.8 Å². The van der Waals surface area contributed by atoms with E-state index in [2.05, 4.69) is 20.0 Å². The molecule has 0 amide bonds. The highest BCUT2D eigenvalue weighted by atomic mass is 19.4. The Morgan fingerprint density at radius 3 is 2.14 bits per heavy atom. The van der Waals surface area contributed by atoms with Crippen molar-refractivity contribution >= 4 is 5.82 Å². The van der Waals surface area contributed by atoms with Gasteiger partial charge in [-0.25, -0.2) is 4.98 Å². The van der Waals surface area contributed by atoms with Gasteiger partial charge < -0.3 is 24.3 Å². The Kier molecular flexibility index (Phi) is 7.35. The quantitative estimate of drug-likeness (QED) is 0.638. The number of methoxy groups -OCH3 is 3. The van der Waals surface area contributed by atoms with Crippen molar-refractivity contribution in [3.8, 4) is 34.5 Å². The summed E-state index contributed by atoms with van der Waals surface area (Å²) in [6.45, 7) is 4.09. The molecule has 1 aromatic carbocycles. The molecule has 0 bridgehead atoms. The summed E-state index contributed by atoms with van der Waals surface area (Å²) in [6, 6.07) is 3.84. The van der Waals surface area contributed by atoms with Crippen LogP contribution >= 0.6 is 0 Å². The standard InChI is InChI=1S/C19H24F3N3O4/c1-6-11(7-2)23-16-18(28-5)24-15(17(25-16)27-4)13-9-8-12(10-14(13)26-3)29-19(20,21)22/h8-11H,6-7H2,1-5H3,(H,23,25). The van der Waals surface area contributed by atoms with Crippen LogP contribution in [0.5, 0.6) is 23.3 Å². The Morgan fingerprint density at radius 1 is 0.966 bits per heavy atom. The highest BCUT2D eigenvalue weighted by Gasteiger charge is 2.31. The molecule has 2 rings (SSSR count). The summed E-state index contributed by atoms with van der Waals surface area (Å²) in [4.78, 5) is 8.90. The molecular weight excluding hydrogens is 391 g/mol. The number of ether oxygens (including phenoxy) is 4. The minimum Gasteiger partial charge on any atom is -0.496 e. The molecule has 10 heteroatoms. The summed E-state index contributed by atoms with van der Waals surface area (Å²) in [5.74, 6) is 0.510. The van der Waals surface area contributed by atoms with E-state index >= 15 is 0 Å². The number of anilines is 1. The molecule has 29 heavy (non-hydrogen) atoms. The van der Waals surface area contributed by atoms with Crippen LogP contribution in [0.25, 0.3) is 11.3 Å². The molecule has 1 N–H and O–H groups in total. The molecule has 1 aromatic heterocycles. The van der Waals surface area contributed by atoms with Gasteiger partial charge in [0.05, 0.1) is 21.3 Å². The van der Waals surface area contributed by atoms with Gasteiger partial charge in [-0.05, 0) is 25.0 Å². The number of halogens is 3. The number of hydrogen-bond donors (Lipinski definition) is 1. The summed E-state index contributed by atoms with van der Waals surface area (Å²) in [5, 5.41) is 3.26. The van der Waals surface area contributed by atoms with Crippen molar-refractivity contribution < 1.29 is 32.1 Å². The summed E-state index contributed by atoms with van der Waals surface area (Å²) in [6.07, 6.45) is -3.06. The zero-order valence-corrected chi connectivity index (χ0v) is 16.9. The third kappa shape index (κ3) is 5.55. The summed E-state index contributed by atoms with van der Waals surface area (Å²) < 4.78 is 57.4. The third-order valence-electron chi connectivity index (χ3n) is 4.21. The Morgan fingerprint density at radius 2 is 1.62 bits per heavy atom. The lowest BCUT2D eigenvalue weighted by molar-refractivity contribution is -0.274. The Hall–Kier alpha value is -2.91. The second-order valence-electron chi connectivity index (χ2n) is 6.01. The highest BCUT2D eigenvalue weighted by molar-refractivity contribution is 5.74. The first-order valence-corrected chi connectivity index (χ1v) is 8.96. The maximum absolute atomic E-state index is 12.5. The van der Waals surface area contributed by atoms with E-state index in [1.54, 1.807) is 0 Å². The molecule has 0 unspecified atom stereocenters. The zero-order valence-electron chi connectivity index (χ0n) is 16.9. The van der Waals surface area contributed by atoms with Gasteiger partial charge in [0.25, 0.3) is 5.88 Å². The average molecular weight is 415 g/mol. The molecule has 1 heterocycles. The van der Waals surface area contributed by atoms with Crippen LogP contribution in [0, 0.1) is 0 Å². The van der Waals surface area contributed by atoms with Crippen molar-refractivity contribution in [3.63, 3.8) is 0 Å². The smallest absolute Gasteiger partial charge is 0.496 e. The number of nitrogens with zero attached hydrogens (tertiary/aromatic N) is 2. The van der Waals surface area contributed by atoms with E-state index in [9.17, 15) is 13.2 Å². The van der Waals surface area contributed by atoms with Crippen molar-refractivity contribution in [2.45, 2.75) is 39.1 Å². The second kappa shape index (κ2) is 9.53. The maximum atomic E-state index is 12.5. The number of nitrogens with one attached hydrogen (secondary N) is 1. The third-order valence-corrected chi connectivity index (χ3v) is 4.21. The van der Waals surface area contributed by atoms with Gasteiger partial charge in [-0.2, -0.15) is 4.98 Å². The second-order valence-corrected chi connectivity index (χ2v) is 6.01. The molecule has 0 radical (unpaired) electrons. The summed E-state index contributed by atoms with van der Waals surface area (Å²) in [5.41, 5.74) is 0.633. The van der Waals surface area contributed by atoms with Crippen LogP contribution in [0.15, 0.2) is 18.2 Å². The van der Waals surface area contributed by atoms with E-state index < -0.39 is 12.1 Å². The first-order chi connectivity index (χ1) is 13.8. The van der Waals surface area contributed by atoms with Crippen LogP contribution in [0.2, 0.25) is 0 Å². The highest BCUT2D eigenvalue weighted by Crippen LogP contribution is 2.40. The molecule has 2 aromatic rings. The van der Waals surface area contributed by atoms with Crippen molar-refractivity contribution in [1.82, 2.24) is 9.97 Å². The first-order valence-electron chi connectivity index (χ1n) is 8.96. The van der Waals surface area contributed by atoms with E-state index in [4.69, 9.17) is 14.2 Å². The van der Waals surface area contributed by atoms with E-state index in [0.29, 0.717) is 11.4 Å². The molecule has 0 saturated heterocycles. The first kappa shape index (κ1) is 22.4. The molecular formula is C19H24F3N3O4. The van der Waals surface area contributed by atoms with Gasteiger partial charge in [0.2, 0.25) is 5.88 Å². The lowest BCUT2D eigenvalue weighted by Crippen LogP contribution is -2.19. The normalized spacial score (nSPS) is 11.3. The topological polar surface area (TPSA) is 74.7 Å². The monoisotopic (exact) mass is 415 g/mol. The molecule has 0 spiro atoms. The van der Waals surface area contributed by atoms with Gasteiger partial charge in [-0.15, -0.1) is 13.2 Å². The number of rotatable bonds is 9. The van der Waals surface area contributed by atoms with Crippen LogP contribution in [0.3, 0.4) is 0 Å². The van der Waals surface area contributed by atoms with Gasteiger partial charge in [-0.1, -0.05) is 13.8 Å². The Balaban J connectivity index is 2.53. The van der Waals surface area contributed by atoms with Crippen LogP contribution < -0.4 is 24.3 Å². The number of aromatic nitrogens is 2. The molecule has 0 aliphatic rings. The van der Waals surface area contributed by atoms with Crippen molar-refractivity contribution in [3.05, 3.63) is 18.2 Å². The average Bonchev–Trinajstić information content (AvgIpc) is 2.70. The largest absolute Gasteiger partial charge is 0.573 e. The van der Waals surface area contributed by atoms with Crippen molar-refractivity contribution in [1.29, 1.82) is 0 Å². The van der Waals surface area contributed by atoms with Gasteiger partial charge in [0.1, 0.15) is 17.2 Å². The van der Waals surface area contributed by atoms with E-state index in [-0.39, 0.29) is 29.2 Å². The fraction of sp³-hybridized carbons (Fsp3) is 0.474. The van der Waals surface area contributed by atoms with Gasteiger partial charge in [0, 0.05) is 17.7 Å². The molecule has 0 fully saturated rings. The Labute approximate surface area is 167 Å². The lowest BCUT2D eigenvalue weighted by Gasteiger charge is -2.19. The van der Waals surface area contributed by atoms with Crippen molar-refractivity contribution in [2.24, 2.45) is 0 Å². The summed E-state index contributed by atoms with van der Waals surface area (Å²) >= 11 is 0. The van der Waals surface area contributed by atoms with Crippen LogP contribution in [-0.4, -0.2) is 43.7 Å². The molecule has 0 aliphatic heterocycles. The van der Waals surface area contributed by atoms with E-state index in [1.165, 1.54) is 27.4 Å². The van der Waals surface area contributed by atoms with Crippen LogP contribution in [0.4, 0.5) is 19.0 Å².